The molecule has 4 rings (SSSR count). The van der Waals surface area contributed by atoms with Crippen molar-refractivity contribution in [2.24, 2.45) is 0 Å². The standard InChI is InChI=1S/C21H17N3O3S/c1-15-2-6-18(7-3-15)28(25,26)24-10-11-27-21-9-5-17(12-20(21)24)19-8-4-16(13-22)14-23-19/h2-9,12,14H,10-11H2,1H3. The number of hydrogen-bond donors (Lipinski definition) is 0. The summed E-state index contributed by atoms with van der Waals surface area (Å²) < 4.78 is 33.5. The highest BCUT2D eigenvalue weighted by Gasteiger charge is 2.30. The van der Waals surface area contributed by atoms with Gasteiger partial charge in [0.1, 0.15) is 18.4 Å². The van der Waals surface area contributed by atoms with Gasteiger partial charge in [-0.05, 0) is 49.4 Å². The van der Waals surface area contributed by atoms with E-state index in [4.69, 9.17) is 10.00 Å². The number of ether oxygens (including phenoxy) is 1. The SMILES string of the molecule is Cc1ccc(S(=O)(=O)N2CCOc3ccc(-c4ccc(C#N)cn4)cc32)cc1. The molecule has 0 aliphatic carbocycles. The second kappa shape index (κ2) is 6.98. The van der Waals surface area contributed by atoms with Crippen molar-refractivity contribution in [3.8, 4) is 23.1 Å². The van der Waals surface area contributed by atoms with E-state index in [9.17, 15) is 8.42 Å². The minimum Gasteiger partial charge on any atom is -0.489 e. The van der Waals surface area contributed by atoms with Gasteiger partial charge in [0.05, 0.1) is 28.4 Å². The highest BCUT2D eigenvalue weighted by molar-refractivity contribution is 7.92. The lowest BCUT2D eigenvalue weighted by Crippen LogP contribution is -2.37. The van der Waals surface area contributed by atoms with E-state index >= 15 is 0 Å². The maximum absolute atomic E-state index is 13.2. The van der Waals surface area contributed by atoms with E-state index in [2.05, 4.69) is 4.98 Å². The smallest absolute Gasteiger partial charge is 0.264 e. The lowest BCUT2D eigenvalue weighted by molar-refractivity contribution is 0.316. The Morgan fingerprint density at radius 2 is 1.89 bits per heavy atom. The molecule has 2 heterocycles. The number of aryl methyl sites for hydroxylation is 1. The molecule has 0 unspecified atom stereocenters. The topological polar surface area (TPSA) is 83.3 Å². The fourth-order valence-corrected chi connectivity index (χ4v) is 4.52. The zero-order valence-corrected chi connectivity index (χ0v) is 16.0. The van der Waals surface area contributed by atoms with E-state index in [1.54, 1.807) is 48.5 Å². The Balaban J connectivity index is 1.77. The average molecular weight is 391 g/mol. The molecule has 0 radical (unpaired) electrons. The Morgan fingerprint density at radius 1 is 1.11 bits per heavy atom. The third-order valence-electron chi connectivity index (χ3n) is 4.58. The molecule has 1 aromatic heterocycles. The number of rotatable bonds is 3. The Morgan fingerprint density at radius 3 is 2.57 bits per heavy atom. The van der Waals surface area contributed by atoms with Gasteiger partial charge in [-0.1, -0.05) is 17.7 Å². The quantitative estimate of drug-likeness (QED) is 0.682. The molecular formula is C21H17N3O3S. The second-order valence-corrected chi connectivity index (χ2v) is 8.33. The average Bonchev–Trinajstić information content (AvgIpc) is 2.73. The molecule has 0 amide bonds. The van der Waals surface area contributed by atoms with Crippen molar-refractivity contribution in [3.63, 3.8) is 0 Å². The Hall–Kier alpha value is -3.37. The maximum Gasteiger partial charge on any atom is 0.264 e. The zero-order valence-electron chi connectivity index (χ0n) is 15.2. The van der Waals surface area contributed by atoms with Crippen LogP contribution in [0, 0.1) is 18.3 Å². The van der Waals surface area contributed by atoms with Crippen LogP contribution in [0.4, 0.5) is 5.69 Å². The first kappa shape index (κ1) is 18.0. The molecule has 2 aromatic carbocycles. The minimum absolute atomic E-state index is 0.230. The summed E-state index contributed by atoms with van der Waals surface area (Å²) in [6.45, 7) is 2.43. The Labute approximate surface area is 163 Å². The first-order chi connectivity index (χ1) is 13.5. The summed E-state index contributed by atoms with van der Waals surface area (Å²) in [5.74, 6) is 0.513. The number of pyridine rings is 1. The number of hydrogen-bond acceptors (Lipinski definition) is 5. The lowest BCUT2D eigenvalue weighted by Gasteiger charge is -2.31. The predicted molar refractivity (Wildman–Crippen MR) is 106 cm³/mol. The van der Waals surface area contributed by atoms with Crippen LogP contribution in [-0.2, 0) is 10.0 Å². The van der Waals surface area contributed by atoms with Gasteiger partial charge in [-0.25, -0.2) is 8.42 Å². The Bertz CT molecular complexity index is 1170. The molecular weight excluding hydrogens is 374 g/mol. The highest BCUT2D eigenvalue weighted by atomic mass is 32.2. The van der Waals surface area contributed by atoms with Crippen LogP contribution in [0.15, 0.2) is 65.7 Å². The number of fused-ring (bicyclic) bond motifs is 1. The molecule has 28 heavy (non-hydrogen) atoms. The molecule has 1 aliphatic heterocycles. The molecule has 6 nitrogen and oxygen atoms in total. The fourth-order valence-electron chi connectivity index (χ4n) is 3.07. The summed E-state index contributed by atoms with van der Waals surface area (Å²) in [6, 6.07) is 17.6. The van der Waals surface area contributed by atoms with E-state index in [1.165, 1.54) is 10.5 Å². The highest BCUT2D eigenvalue weighted by Crippen LogP contribution is 2.38. The normalized spacial score (nSPS) is 13.4. The summed E-state index contributed by atoms with van der Waals surface area (Å²) >= 11 is 0. The largest absolute Gasteiger partial charge is 0.489 e. The van der Waals surface area contributed by atoms with Crippen molar-refractivity contribution in [3.05, 3.63) is 71.9 Å². The molecule has 1 aliphatic rings. The predicted octanol–water partition coefficient (Wildman–Crippen LogP) is 3.52. The van der Waals surface area contributed by atoms with Gasteiger partial charge in [0.25, 0.3) is 10.0 Å². The third-order valence-corrected chi connectivity index (χ3v) is 6.40. The summed E-state index contributed by atoms with van der Waals surface area (Å²) in [4.78, 5) is 4.54. The van der Waals surface area contributed by atoms with E-state index in [-0.39, 0.29) is 18.0 Å². The van der Waals surface area contributed by atoms with Crippen molar-refractivity contribution in [1.29, 1.82) is 5.26 Å². The monoisotopic (exact) mass is 391 g/mol. The molecule has 0 saturated heterocycles. The fraction of sp³-hybridized carbons (Fsp3) is 0.143. The van der Waals surface area contributed by atoms with E-state index in [0.29, 0.717) is 22.7 Å². The molecule has 0 atom stereocenters. The van der Waals surface area contributed by atoms with Crippen LogP contribution >= 0.6 is 0 Å². The number of sulfonamides is 1. The molecule has 0 bridgehead atoms. The summed E-state index contributed by atoms with van der Waals surface area (Å²) in [7, 11) is -3.71. The molecule has 0 saturated carbocycles. The number of benzene rings is 2. The molecule has 0 N–H and O–H groups in total. The van der Waals surface area contributed by atoms with Crippen molar-refractivity contribution in [2.75, 3.05) is 17.5 Å². The first-order valence-electron chi connectivity index (χ1n) is 8.72. The Kier molecular flexibility index (Phi) is 4.49. The van der Waals surface area contributed by atoms with Crippen LogP contribution in [0.2, 0.25) is 0 Å². The van der Waals surface area contributed by atoms with Crippen molar-refractivity contribution >= 4 is 15.7 Å². The zero-order chi connectivity index (χ0) is 19.7. The third kappa shape index (κ3) is 3.19. The van der Waals surface area contributed by atoms with Crippen LogP contribution in [0.1, 0.15) is 11.1 Å². The lowest BCUT2D eigenvalue weighted by atomic mass is 10.1. The van der Waals surface area contributed by atoms with E-state index < -0.39 is 10.0 Å². The van der Waals surface area contributed by atoms with Gasteiger partial charge < -0.3 is 4.74 Å². The number of anilines is 1. The van der Waals surface area contributed by atoms with Crippen LogP contribution in [0.3, 0.4) is 0 Å². The van der Waals surface area contributed by atoms with Gasteiger partial charge in [-0.3, -0.25) is 9.29 Å². The summed E-state index contributed by atoms with van der Waals surface area (Å²) in [5.41, 5.74) is 3.34. The van der Waals surface area contributed by atoms with Crippen molar-refractivity contribution in [2.45, 2.75) is 11.8 Å². The second-order valence-electron chi connectivity index (χ2n) is 6.47. The molecule has 7 heteroatoms. The minimum atomic E-state index is -3.71. The van der Waals surface area contributed by atoms with Crippen LogP contribution in [-0.4, -0.2) is 26.6 Å². The van der Waals surface area contributed by atoms with Crippen LogP contribution in [0.5, 0.6) is 5.75 Å². The van der Waals surface area contributed by atoms with Crippen LogP contribution in [0.25, 0.3) is 11.3 Å². The maximum atomic E-state index is 13.2. The van der Waals surface area contributed by atoms with Crippen molar-refractivity contribution < 1.29 is 13.2 Å². The van der Waals surface area contributed by atoms with E-state index in [0.717, 1.165) is 11.1 Å². The van der Waals surface area contributed by atoms with Gasteiger partial charge in [0.2, 0.25) is 0 Å². The number of nitriles is 1. The molecule has 0 fully saturated rings. The summed E-state index contributed by atoms with van der Waals surface area (Å²) in [6.07, 6.45) is 1.49. The molecule has 140 valence electrons. The van der Waals surface area contributed by atoms with Gasteiger partial charge in [-0.2, -0.15) is 5.26 Å². The van der Waals surface area contributed by atoms with Gasteiger partial charge in [0.15, 0.2) is 0 Å². The van der Waals surface area contributed by atoms with Crippen molar-refractivity contribution in [1.82, 2.24) is 4.98 Å². The summed E-state index contributed by atoms with van der Waals surface area (Å²) in [5, 5.41) is 8.93. The van der Waals surface area contributed by atoms with Gasteiger partial charge in [0, 0.05) is 11.8 Å². The molecule has 3 aromatic rings. The number of aromatic nitrogens is 1. The molecule has 0 spiro atoms. The van der Waals surface area contributed by atoms with Crippen LogP contribution < -0.4 is 9.04 Å². The van der Waals surface area contributed by atoms with E-state index in [1.807, 2.05) is 19.1 Å². The number of nitrogens with zero attached hydrogens (tertiary/aromatic N) is 3. The van der Waals surface area contributed by atoms with Gasteiger partial charge in [-0.15, -0.1) is 0 Å². The first-order valence-corrected chi connectivity index (χ1v) is 10.2. The van der Waals surface area contributed by atoms with Gasteiger partial charge >= 0.3 is 0 Å².